The summed E-state index contributed by atoms with van der Waals surface area (Å²) in [6.45, 7) is 8.88. The van der Waals surface area contributed by atoms with Gasteiger partial charge in [-0.3, -0.25) is 0 Å². The summed E-state index contributed by atoms with van der Waals surface area (Å²) in [5.41, 5.74) is 0.857. The molecule has 0 radical (unpaired) electrons. The van der Waals surface area contributed by atoms with Crippen LogP contribution in [0.1, 0.15) is 39.2 Å². The smallest absolute Gasteiger partial charge is 0.333 e. The van der Waals surface area contributed by atoms with Crippen LogP contribution in [0.25, 0.3) is 0 Å². The maximum atomic E-state index is 12.7. The Hall–Kier alpha value is -3.26. The molecule has 0 aliphatic rings. The molecule has 0 aromatic heterocycles. The molecule has 198 valence electrons. The summed E-state index contributed by atoms with van der Waals surface area (Å²) in [4.78, 5) is 25.8. The Morgan fingerprint density at radius 3 is 2.22 bits per heavy atom. The van der Waals surface area contributed by atoms with E-state index in [0.29, 0.717) is 57.5 Å². The van der Waals surface area contributed by atoms with E-state index < -0.39 is 12.1 Å². The Balaban J connectivity index is 1.80. The number of benzene rings is 2. The second-order valence-electron chi connectivity index (χ2n) is 8.91. The van der Waals surface area contributed by atoms with Crippen LogP contribution >= 0.6 is 0 Å². The summed E-state index contributed by atoms with van der Waals surface area (Å²) in [7, 11) is 0. The van der Waals surface area contributed by atoms with Crippen molar-refractivity contribution in [2.45, 2.75) is 46.1 Å². The number of ether oxygens (including phenoxy) is 3. The zero-order valence-electron chi connectivity index (χ0n) is 21.7. The number of nitrogens with one attached hydrogen (secondary N) is 1. The fraction of sp³-hybridized carbons (Fsp3) is 0.500. The second-order valence-corrected chi connectivity index (χ2v) is 8.91. The molecule has 2 aromatic carbocycles. The molecule has 1 atom stereocenters. The molecule has 0 spiro atoms. The summed E-state index contributed by atoms with van der Waals surface area (Å²) in [5, 5.41) is 12.2. The van der Waals surface area contributed by atoms with Gasteiger partial charge >= 0.3 is 12.0 Å². The van der Waals surface area contributed by atoms with Crippen molar-refractivity contribution in [2.75, 3.05) is 39.5 Å². The van der Waals surface area contributed by atoms with Crippen molar-refractivity contribution in [3.05, 3.63) is 60.2 Å². The molecule has 0 fully saturated rings. The Bertz CT molecular complexity index is 889. The van der Waals surface area contributed by atoms with Gasteiger partial charge in [-0.05, 0) is 55.5 Å². The van der Waals surface area contributed by atoms with Gasteiger partial charge in [-0.15, -0.1) is 0 Å². The standard InChI is InChI=1S/C28H40N2O6/c1-4-34-26(27(31)32)20-23-12-14-25(15-13-23)36-19-17-30(28(33)29-21-22(2)3)16-8-9-18-35-24-10-6-5-7-11-24/h5-7,10-15,22,26H,4,8-9,16-21H2,1-3H3,(H,29,33)(H,31,32). The third-order valence-electron chi connectivity index (χ3n) is 5.40. The molecule has 0 heterocycles. The number of unbranched alkanes of at least 4 members (excludes halogenated alkanes) is 1. The van der Waals surface area contributed by atoms with Gasteiger partial charge in [0.1, 0.15) is 18.1 Å². The number of hydrogen-bond donors (Lipinski definition) is 2. The van der Waals surface area contributed by atoms with Crippen molar-refractivity contribution >= 4 is 12.0 Å². The fourth-order valence-corrected chi connectivity index (χ4v) is 3.46. The lowest BCUT2D eigenvalue weighted by atomic mass is 10.1. The quantitative estimate of drug-likeness (QED) is 0.308. The zero-order chi connectivity index (χ0) is 26.2. The predicted molar refractivity (Wildman–Crippen MR) is 140 cm³/mol. The minimum absolute atomic E-state index is 0.0951. The number of carboxylic acid groups (broad SMARTS) is 1. The van der Waals surface area contributed by atoms with E-state index in [9.17, 15) is 14.7 Å². The van der Waals surface area contributed by atoms with E-state index in [2.05, 4.69) is 19.2 Å². The van der Waals surface area contributed by atoms with Crippen molar-refractivity contribution in [2.24, 2.45) is 5.92 Å². The van der Waals surface area contributed by atoms with E-state index in [1.54, 1.807) is 11.8 Å². The van der Waals surface area contributed by atoms with Crippen LogP contribution in [-0.4, -0.2) is 67.6 Å². The van der Waals surface area contributed by atoms with Gasteiger partial charge < -0.3 is 29.5 Å². The van der Waals surface area contributed by atoms with Gasteiger partial charge in [0.2, 0.25) is 0 Å². The number of carbonyl (C=O) groups excluding carboxylic acids is 1. The molecule has 2 rings (SSSR count). The lowest BCUT2D eigenvalue weighted by molar-refractivity contribution is -0.149. The highest BCUT2D eigenvalue weighted by Gasteiger charge is 2.18. The molecule has 8 nitrogen and oxygen atoms in total. The molecule has 2 aromatic rings. The van der Waals surface area contributed by atoms with Gasteiger partial charge in [0.15, 0.2) is 6.10 Å². The van der Waals surface area contributed by atoms with Crippen LogP contribution < -0.4 is 14.8 Å². The van der Waals surface area contributed by atoms with Crippen LogP contribution in [0.2, 0.25) is 0 Å². The van der Waals surface area contributed by atoms with E-state index in [-0.39, 0.29) is 6.03 Å². The Morgan fingerprint density at radius 2 is 1.58 bits per heavy atom. The lowest BCUT2D eigenvalue weighted by Gasteiger charge is -2.24. The summed E-state index contributed by atoms with van der Waals surface area (Å²) in [6, 6.07) is 16.9. The van der Waals surface area contributed by atoms with Gasteiger partial charge in [0.25, 0.3) is 0 Å². The van der Waals surface area contributed by atoms with Crippen LogP contribution in [-0.2, 0) is 16.0 Å². The van der Waals surface area contributed by atoms with Crippen LogP contribution in [0.5, 0.6) is 11.5 Å². The molecule has 36 heavy (non-hydrogen) atoms. The van der Waals surface area contributed by atoms with Crippen molar-refractivity contribution in [3.8, 4) is 11.5 Å². The van der Waals surface area contributed by atoms with Crippen molar-refractivity contribution in [1.82, 2.24) is 10.2 Å². The molecule has 2 N–H and O–H groups in total. The molecule has 0 saturated carbocycles. The number of aliphatic carboxylic acids is 1. The first-order valence-electron chi connectivity index (χ1n) is 12.7. The first-order chi connectivity index (χ1) is 17.4. The summed E-state index contributed by atoms with van der Waals surface area (Å²) < 4.78 is 16.9. The highest BCUT2D eigenvalue weighted by Crippen LogP contribution is 2.15. The first kappa shape index (κ1) is 29.0. The van der Waals surface area contributed by atoms with Crippen LogP contribution in [0.3, 0.4) is 0 Å². The number of urea groups is 1. The minimum atomic E-state index is -0.973. The molecule has 1 unspecified atom stereocenters. The summed E-state index contributed by atoms with van der Waals surface area (Å²) >= 11 is 0. The maximum Gasteiger partial charge on any atom is 0.333 e. The van der Waals surface area contributed by atoms with Gasteiger partial charge in [-0.25, -0.2) is 9.59 Å². The number of rotatable bonds is 17. The molecule has 0 bridgehead atoms. The molecular formula is C28H40N2O6. The van der Waals surface area contributed by atoms with Crippen molar-refractivity contribution in [1.29, 1.82) is 0 Å². The number of para-hydroxylation sites is 1. The van der Waals surface area contributed by atoms with Crippen molar-refractivity contribution < 1.29 is 28.9 Å². The van der Waals surface area contributed by atoms with E-state index in [0.717, 1.165) is 24.2 Å². The Labute approximate surface area is 214 Å². The van der Waals surface area contributed by atoms with Crippen LogP contribution in [0.15, 0.2) is 54.6 Å². The maximum absolute atomic E-state index is 12.7. The van der Waals surface area contributed by atoms with Gasteiger partial charge in [0.05, 0.1) is 13.2 Å². The van der Waals surface area contributed by atoms with Gasteiger partial charge in [-0.1, -0.05) is 44.2 Å². The van der Waals surface area contributed by atoms with E-state index in [4.69, 9.17) is 14.2 Å². The van der Waals surface area contributed by atoms with Gasteiger partial charge in [0, 0.05) is 26.1 Å². The number of carboxylic acids is 1. The number of hydrogen-bond acceptors (Lipinski definition) is 5. The molecule has 2 amide bonds. The molecule has 0 aliphatic carbocycles. The number of amides is 2. The molecule has 8 heteroatoms. The van der Waals surface area contributed by atoms with E-state index >= 15 is 0 Å². The monoisotopic (exact) mass is 500 g/mol. The largest absolute Gasteiger partial charge is 0.494 e. The summed E-state index contributed by atoms with van der Waals surface area (Å²) in [6.07, 6.45) is 1.09. The Morgan fingerprint density at radius 1 is 0.917 bits per heavy atom. The molecule has 0 aliphatic heterocycles. The topological polar surface area (TPSA) is 97.3 Å². The number of carbonyl (C=O) groups is 2. The third kappa shape index (κ3) is 11.4. The second kappa shape index (κ2) is 16.4. The van der Waals surface area contributed by atoms with Crippen molar-refractivity contribution in [3.63, 3.8) is 0 Å². The van der Waals surface area contributed by atoms with Gasteiger partial charge in [-0.2, -0.15) is 0 Å². The normalized spacial score (nSPS) is 11.7. The Kier molecular flexibility index (Phi) is 13.2. The molecule has 0 saturated heterocycles. The summed E-state index contributed by atoms with van der Waals surface area (Å²) in [5.74, 6) is 0.911. The predicted octanol–water partition coefficient (Wildman–Crippen LogP) is 4.62. The minimum Gasteiger partial charge on any atom is -0.494 e. The zero-order valence-corrected chi connectivity index (χ0v) is 21.7. The highest BCUT2D eigenvalue weighted by atomic mass is 16.5. The SMILES string of the molecule is CCOC(Cc1ccc(OCCN(CCCCOc2ccccc2)C(=O)NCC(C)C)cc1)C(=O)O. The lowest BCUT2D eigenvalue weighted by Crippen LogP contribution is -2.43. The van der Waals surface area contributed by atoms with Crippen LogP contribution in [0.4, 0.5) is 4.79 Å². The average molecular weight is 501 g/mol. The van der Waals surface area contributed by atoms with Crippen LogP contribution in [0, 0.1) is 5.92 Å². The average Bonchev–Trinajstić information content (AvgIpc) is 2.87. The first-order valence-corrected chi connectivity index (χ1v) is 12.7. The third-order valence-corrected chi connectivity index (χ3v) is 5.40. The molecular weight excluding hydrogens is 460 g/mol. The number of nitrogens with zero attached hydrogens (tertiary/aromatic N) is 1. The van der Waals surface area contributed by atoms with E-state index in [1.165, 1.54) is 0 Å². The van der Waals surface area contributed by atoms with E-state index in [1.807, 2.05) is 54.6 Å². The fourth-order valence-electron chi connectivity index (χ4n) is 3.46. The highest BCUT2D eigenvalue weighted by molar-refractivity contribution is 5.74.